The lowest BCUT2D eigenvalue weighted by Gasteiger charge is -2.12. The van der Waals surface area contributed by atoms with E-state index < -0.39 is 0 Å². The minimum atomic E-state index is -0.00377. The second-order valence-electron chi connectivity index (χ2n) is 7.67. The van der Waals surface area contributed by atoms with Crippen molar-refractivity contribution in [3.05, 3.63) is 94.5 Å². The van der Waals surface area contributed by atoms with Gasteiger partial charge >= 0.3 is 0 Å². The molecule has 4 aromatic rings. The van der Waals surface area contributed by atoms with Crippen LogP contribution in [0.3, 0.4) is 0 Å². The maximum absolute atomic E-state index is 12.1. The van der Waals surface area contributed by atoms with Crippen molar-refractivity contribution in [2.45, 2.75) is 17.8 Å². The minimum Gasteiger partial charge on any atom is -0.345 e. The minimum absolute atomic E-state index is 0.00377. The normalized spacial score (nSPS) is 10.9. The van der Waals surface area contributed by atoms with Gasteiger partial charge in [0.1, 0.15) is 0 Å². The Bertz CT molecular complexity index is 1220. The maximum Gasteiger partial charge on any atom is 0.253 e. The van der Waals surface area contributed by atoms with Crippen LogP contribution in [0.5, 0.6) is 0 Å². The summed E-state index contributed by atoms with van der Waals surface area (Å²) in [7, 11) is 3.50. The molecule has 0 radical (unpaired) electrons. The first kappa shape index (κ1) is 22.1. The Morgan fingerprint density at radius 1 is 0.938 bits per heavy atom. The van der Waals surface area contributed by atoms with E-state index in [1.165, 1.54) is 5.56 Å². The molecule has 5 nitrogen and oxygen atoms in total. The summed E-state index contributed by atoms with van der Waals surface area (Å²) in [6.45, 7) is 2.07. The van der Waals surface area contributed by atoms with Gasteiger partial charge in [-0.15, -0.1) is 10.2 Å². The van der Waals surface area contributed by atoms with Gasteiger partial charge in [-0.1, -0.05) is 53.2 Å². The van der Waals surface area contributed by atoms with E-state index in [4.69, 9.17) is 11.6 Å². The largest absolute Gasteiger partial charge is 0.345 e. The summed E-state index contributed by atoms with van der Waals surface area (Å²) in [5.74, 6) is 1.47. The zero-order valence-corrected chi connectivity index (χ0v) is 19.7. The fourth-order valence-electron chi connectivity index (χ4n) is 3.23. The average molecular weight is 463 g/mol. The third-order valence-electron chi connectivity index (χ3n) is 5.00. The number of carbonyl (C=O) groups excluding carboxylic acids is 1. The second-order valence-corrected chi connectivity index (χ2v) is 9.05. The predicted octanol–water partition coefficient (Wildman–Crippen LogP) is 5.89. The van der Waals surface area contributed by atoms with Crippen LogP contribution in [0.2, 0.25) is 5.02 Å². The number of nitrogens with zero attached hydrogens (tertiary/aromatic N) is 4. The Hall–Kier alpha value is -3.09. The van der Waals surface area contributed by atoms with Crippen LogP contribution in [-0.4, -0.2) is 39.7 Å². The lowest BCUT2D eigenvalue weighted by molar-refractivity contribution is 0.0827. The zero-order chi connectivity index (χ0) is 22.7. The molecule has 0 unspecified atom stereocenters. The Balaban J connectivity index is 1.63. The summed E-state index contributed by atoms with van der Waals surface area (Å²) in [4.78, 5) is 13.7. The molecule has 4 rings (SSSR count). The molecule has 1 heterocycles. The Morgan fingerprint density at radius 2 is 1.59 bits per heavy atom. The molecule has 1 amide bonds. The third kappa shape index (κ3) is 4.87. The number of amides is 1. The highest BCUT2D eigenvalue weighted by molar-refractivity contribution is 7.98. The molecule has 0 spiro atoms. The van der Waals surface area contributed by atoms with Gasteiger partial charge in [0, 0.05) is 41.7 Å². The molecule has 3 aromatic carbocycles. The molecule has 0 aliphatic carbocycles. The number of halogens is 1. The Labute approximate surface area is 197 Å². The third-order valence-corrected chi connectivity index (χ3v) is 6.26. The van der Waals surface area contributed by atoms with Crippen molar-refractivity contribution in [3.63, 3.8) is 0 Å². The lowest BCUT2D eigenvalue weighted by atomic mass is 10.1. The average Bonchev–Trinajstić information content (AvgIpc) is 3.22. The van der Waals surface area contributed by atoms with E-state index >= 15 is 0 Å². The number of rotatable bonds is 6. The highest BCUT2D eigenvalue weighted by atomic mass is 35.5. The van der Waals surface area contributed by atoms with Gasteiger partial charge in [-0.3, -0.25) is 9.36 Å². The molecular formula is C25H23ClN4OS. The SMILES string of the molecule is Cc1ccc(-n2c(SCc3ccc(C(=O)N(C)C)cc3)nnc2-c2ccc(Cl)cc2)cc1. The molecule has 0 fully saturated rings. The number of thioether (sulfide) groups is 1. The van der Waals surface area contributed by atoms with Crippen LogP contribution in [-0.2, 0) is 5.75 Å². The first-order valence-corrected chi connectivity index (χ1v) is 11.5. The molecule has 0 atom stereocenters. The molecule has 0 aliphatic heterocycles. The first-order chi connectivity index (χ1) is 15.4. The van der Waals surface area contributed by atoms with Crippen LogP contribution in [0.4, 0.5) is 0 Å². The lowest BCUT2D eigenvalue weighted by Crippen LogP contribution is -2.21. The van der Waals surface area contributed by atoms with Gasteiger partial charge in [0.05, 0.1) is 0 Å². The molecule has 0 saturated heterocycles. The highest BCUT2D eigenvalue weighted by Crippen LogP contribution is 2.30. The number of hydrogen-bond donors (Lipinski definition) is 0. The summed E-state index contributed by atoms with van der Waals surface area (Å²) in [6.07, 6.45) is 0. The molecule has 0 saturated carbocycles. The summed E-state index contributed by atoms with van der Waals surface area (Å²) in [6, 6.07) is 23.6. The van der Waals surface area contributed by atoms with Crippen LogP contribution >= 0.6 is 23.4 Å². The molecule has 0 aliphatic rings. The van der Waals surface area contributed by atoms with Gasteiger partial charge in [-0.05, 0) is 61.0 Å². The van der Waals surface area contributed by atoms with Crippen LogP contribution in [0.15, 0.2) is 78.0 Å². The van der Waals surface area contributed by atoms with E-state index in [9.17, 15) is 4.79 Å². The smallest absolute Gasteiger partial charge is 0.253 e. The quantitative estimate of drug-likeness (QED) is 0.335. The van der Waals surface area contributed by atoms with E-state index in [-0.39, 0.29) is 5.91 Å². The fraction of sp³-hybridized carbons (Fsp3) is 0.160. The van der Waals surface area contributed by atoms with Crippen molar-refractivity contribution in [3.8, 4) is 17.1 Å². The van der Waals surface area contributed by atoms with E-state index in [0.717, 1.165) is 27.8 Å². The van der Waals surface area contributed by atoms with Crippen molar-refractivity contribution < 1.29 is 4.79 Å². The van der Waals surface area contributed by atoms with Gasteiger partial charge in [0.25, 0.3) is 5.91 Å². The van der Waals surface area contributed by atoms with Crippen molar-refractivity contribution in [2.24, 2.45) is 0 Å². The fourth-order valence-corrected chi connectivity index (χ4v) is 4.26. The van der Waals surface area contributed by atoms with E-state index in [2.05, 4.69) is 46.0 Å². The molecule has 32 heavy (non-hydrogen) atoms. The number of hydrogen-bond acceptors (Lipinski definition) is 4. The molecule has 0 N–H and O–H groups in total. The number of carbonyl (C=O) groups is 1. The van der Waals surface area contributed by atoms with Crippen LogP contribution in [0.1, 0.15) is 21.5 Å². The monoisotopic (exact) mass is 462 g/mol. The van der Waals surface area contributed by atoms with Gasteiger partial charge in [-0.25, -0.2) is 0 Å². The number of aryl methyl sites for hydroxylation is 1. The molecule has 0 bridgehead atoms. The Morgan fingerprint density at radius 3 is 2.22 bits per heavy atom. The summed E-state index contributed by atoms with van der Waals surface area (Å²) in [5, 5.41) is 10.4. The van der Waals surface area contributed by atoms with Crippen molar-refractivity contribution in [1.82, 2.24) is 19.7 Å². The molecule has 162 valence electrons. The standard InChI is InChI=1S/C25H23ClN4OS/c1-17-4-14-22(15-5-17)30-23(19-10-12-21(26)13-11-19)27-28-25(30)32-16-18-6-8-20(9-7-18)24(31)29(2)3/h4-15H,16H2,1-3H3. The Kier molecular flexibility index (Phi) is 6.63. The van der Waals surface area contributed by atoms with Crippen molar-refractivity contribution >= 4 is 29.3 Å². The van der Waals surface area contributed by atoms with Crippen LogP contribution in [0.25, 0.3) is 17.1 Å². The van der Waals surface area contributed by atoms with Crippen LogP contribution in [0, 0.1) is 6.92 Å². The van der Waals surface area contributed by atoms with Gasteiger partial charge < -0.3 is 4.90 Å². The summed E-state index contributed by atoms with van der Waals surface area (Å²) in [5.41, 5.74) is 4.92. The number of aromatic nitrogens is 3. The molecular weight excluding hydrogens is 440 g/mol. The first-order valence-electron chi connectivity index (χ1n) is 10.1. The van der Waals surface area contributed by atoms with Gasteiger partial charge in [0.2, 0.25) is 0 Å². The molecule has 1 aromatic heterocycles. The van der Waals surface area contributed by atoms with Gasteiger partial charge in [0.15, 0.2) is 11.0 Å². The zero-order valence-electron chi connectivity index (χ0n) is 18.1. The highest BCUT2D eigenvalue weighted by Gasteiger charge is 2.16. The van der Waals surface area contributed by atoms with E-state index in [0.29, 0.717) is 16.3 Å². The summed E-state index contributed by atoms with van der Waals surface area (Å²) >= 11 is 7.68. The number of benzene rings is 3. The second kappa shape index (κ2) is 9.59. The topological polar surface area (TPSA) is 51.0 Å². The maximum atomic E-state index is 12.1. The van der Waals surface area contributed by atoms with Crippen LogP contribution < -0.4 is 0 Å². The van der Waals surface area contributed by atoms with Gasteiger partial charge in [-0.2, -0.15) is 0 Å². The van der Waals surface area contributed by atoms with Crippen molar-refractivity contribution in [2.75, 3.05) is 14.1 Å². The van der Waals surface area contributed by atoms with E-state index in [1.54, 1.807) is 30.8 Å². The summed E-state index contributed by atoms with van der Waals surface area (Å²) < 4.78 is 2.07. The van der Waals surface area contributed by atoms with Crippen molar-refractivity contribution in [1.29, 1.82) is 0 Å². The predicted molar refractivity (Wildman–Crippen MR) is 131 cm³/mol. The van der Waals surface area contributed by atoms with E-state index in [1.807, 2.05) is 48.5 Å². The molecule has 7 heteroatoms.